The molecule has 1 saturated heterocycles. The van der Waals surface area contributed by atoms with Crippen LogP contribution in [-0.2, 0) is 14.6 Å². The SMILES string of the molecule is CCNC1CCC(C(C)C)CC1S(=O)(=O)C1CCOCC1. The Morgan fingerprint density at radius 1 is 1.14 bits per heavy atom. The molecule has 1 saturated carbocycles. The second kappa shape index (κ2) is 7.42. The standard InChI is InChI=1S/C16H31NO3S/c1-4-17-15-6-5-13(12(2)3)11-16(15)21(18,19)14-7-9-20-10-8-14/h12-17H,4-11H2,1-3H3. The molecule has 3 unspecified atom stereocenters. The van der Waals surface area contributed by atoms with Crippen LogP contribution in [-0.4, -0.2) is 44.7 Å². The molecule has 5 heteroatoms. The van der Waals surface area contributed by atoms with E-state index < -0.39 is 9.84 Å². The molecule has 4 nitrogen and oxygen atoms in total. The number of sulfone groups is 1. The van der Waals surface area contributed by atoms with Gasteiger partial charge in [-0.25, -0.2) is 8.42 Å². The molecule has 1 aliphatic carbocycles. The lowest BCUT2D eigenvalue weighted by Crippen LogP contribution is -2.51. The molecule has 2 aliphatic rings. The summed E-state index contributed by atoms with van der Waals surface area (Å²) < 4.78 is 31.5. The molecule has 0 amide bonds. The Balaban J connectivity index is 2.17. The molecule has 0 aromatic carbocycles. The van der Waals surface area contributed by atoms with Crippen molar-refractivity contribution < 1.29 is 13.2 Å². The van der Waals surface area contributed by atoms with E-state index in [2.05, 4.69) is 26.1 Å². The van der Waals surface area contributed by atoms with Crippen LogP contribution in [0.5, 0.6) is 0 Å². The molecule has 1 N–H and O–H groups in total. The van der Waals surface area contributed by atoms with Crippen LogP contribution >= 0.6 is 0 Å². The predicted octanol–water partition coefficient (Wildman–Crippen LogP) is 2.38. The number of nitrogens with one attached hydrogen (secondary N) is 1. The van der Waals surface area contributed by atoms with Gasteiger partial charge in [0.2, 0.25) is 0 Å². The van der Waals surface area contributed by atoms with Gasteiger partial charge in [-0.05, 0) is 50.5 Å². The Hall–Kier alpha value is -0.130. The van der Waals surface area contributed by atoms with Crippen LogP contribution < -0.4 is 5.32 Å². The second-order valence-corrected chi connectivity index (χ2v) is 9.37. The number of hydrogen-bond donors (Lipinski definition) is 1. The third-order valence-corrected chi connectivity index (χ3v) is 8.06. The molecule has 2 rings (SSSR count). The van der Waals surface area contributed by atoms with Crippen molar-refractivity contribution in [1.29, 1.82) is 0 Å². The van der Waals surface area contributed by atoms with Crippen molar-refractivity contribution in [2.24, 2.45) is 11.8 Å². The van der Waals surface area contributed by atoms with Gasteiger partial charge in [-0.2, -0.15) is 0 Å². The number of hydrogen-bond acceptors (Lipinski definition) is 4. The third-order valence-electron chi connectivity index (χ3n) is 5.30. The summed E-state index contributed by atoms with van der Waals surface area (Å²) >= 11 is 0. The molecule has 0 aromatic rings. The van der Waals surface area contributed by atoms with Gasteiger partial charge < -0.3 is 10.1 Å². The fourth-order valence-electron chi connectivity index (χ4n) is 3.88. The van der Waals surface area contributed by atoms with Crippen LogP contribution in [0.2, 0.25) is 0 Å². The molecule has 0 radical (unpaired) electrons. The highest BCUT2D eigenvalue weighted by Crippen LogP contribution is 2.36. The molecule has 124 valence electrons. The first kappa shape index (κ1) is 17.2. The van der Waals surface area contributed by atoms with E-state index >= 15 is 0 Å². The van der Waals surface area contributed by atoms with Gasteiger partial charge in [-0.15, -0.1) is 0 Å². The lowest BCUT2D eigenvalue weighted by atomic mass is 9.79. The highest BCUT2D eigenvalue weighted by molar-refractivity contribution is 7.92. The van der Waals surface area contributed by atoms with Crippen molar-refractivity contribution in [1.82, 2.24) is 5.32 Å². The largest absolute Gasteiger partial charge is 0.381 e. The smallest absolute Gasteiger partial charge is 0.157 e. The van der Waals surface area contributed by atoms with Gasteiger partial charge >= 0.3 is 0 Å². The summed E-state index contributed by atoms with van der Waals surface area (Å²) in [7, 11) is -3.07. The van der Waals surface area contributed by atoms with Crippen molar-refractivity contribution in [2.45, 2.75) is 69.4 Å². The average molecular weight is 317 g/mol. The molecular weight excluding hydrogens is 286 g/mol. The van der Waals surface area contributed by atoms with Gasteiger partial charge in [0.15, 0.2) is 9.84 Å². The van der Waals surface area contributed by atoms with Gasteiger partial charge in [0.25, 0.3) is 0 Å². The zero-order valence-corrected chi connectivity index (χ0v) is 14.5. The summed E-state index contributed by atoms with van der Waals surface area (Å²) in [5.41, 5.74) is 0. The van der Waals surface area contributed by atoms with Crippen LogP contribution in [0.15, 0.2) is 0 Å². The van der Waals surface area contributed by atoms with Crippen LogP contribution in [0.25, 0.3) is 0 Å². The second-order valence-electron chi connectivity index (χ2n) is 6.92. The van der Waals surface area contributed by atoms with Crippen LogP contribution in [0.1, 0.15) is 52.9 Å². The van der Waals surface area contributed by atoms with Gasteiger partial charge in [-0.3, -0.25) is 0 Å². The average Bonchev–Trinajstić information content (AvgIpc) is 2.48. The monoisotopic (exact) mass is 317 g/mol. The van der Waals surface area contributed by atoms with Crippen molar-refractivity contribution in [3.8, 4) is 0 Å². The molecule has 1 aliphatic heterocycles. The van der Waals surface area contributed by atoms with E-state index in [1.54, 1.807) is 0 Å². The zero-order valence-electron chi connectivity index (χ0n) is 13.7. The zero-order chi connectivity index (χ0) is 15.5. The van der Waals surface area contributed by atoms with Crippen molar-refractivity contribution >= 4 is 9.84 Å². The first-order valence-electron chi connectivity index (χ1n) is 8.50. The maximum atomic E-state index is 13.1. The Morgan fingerprint density at radius 3 is 2.38 bits per heavy atom. The van der Waals surface area contributed by atoms with E-state index in [-0.39, 0.29) is 16.5 Å². The summed E-state index contributed by atoms with van der Waals surface area (Å²) in [5.74, 6) is 1.11. The Kier molecular flexibility index (Phi) is 6.09. The van der Waals surface area contributed by atoms with E-state index in [0.717, 1.165) is 25.8 Å². The topological polar surface area (TPSA) is 55.4 Å². The first-order chi connectivity index (χ1) is 9.96. The van der Waals surface area contributed by atoms with E-state index in [0.29, 0.717) is 37.9 Å². The maximum Gasteiger partial charge on any atom is 0.157 e. The van der Waals surface area contributed by atoms with E-state index in [4.69, 9.17) is 4.74 Å². The summed E-state index contributed by atoms with van der Waals surface area (Å²) in [4.78, 5) is 0. The minimum absolute atomic E-state index is 0.137. The van der Waals surface area contributed by atoms with Gasteiger partial charge in [0, 0.05) is 19.3 Å². The summed E-state index contributed by atoms with van der Waals surface area (Å²) in [5, 5.41) is 3.03. The minimum atomic E-state index is -3.07. The molecule has 1 heterocycles. The van der Waals surface area contributed by atoms with Crippen molar-refractivity contribution in [3.63, 3.8) is 0 Å². The minimum Gasteiger partial charge on any atom is -0.381 e. The maximum absolute atomic E-state index is 13.1. The van der Waals surface area contributed by atoms with Crippen LogP contribution in [0.3, 0.4) is 0 Å². The highest BCUT2D eigenvalue weighted by Gasteiger charge is 2.43. The fraction of sp³-hybridized carbons (Fsp3) is 1.00. The normalized spacial score (nSPS) is 32.5. The number of rotatable bonds is 5. The molecule has 2 fully saturated rings. The Labute approximate surface area is 129 Å². The van der Waals surface area contributed by atoms with Gasteiger partial charge in [0.05, 0.1) is 10.5 Å². The van der Waals surface area contributed by atoms with Crippen LogP contribution in [0.4, 0.5) is 0 Å². The molecular formula is C16H31NO3S. The fourth-order valence-corrected chi connectivity index (χ4v) is 6.43. The van der Waals surface area contributed by atoms with Crippen LogP contribution in [0, 0.1) is 11.8 Å². The predicted molar refractivity (Wildman–Crippen MR) is 86.2 cm³/mol. The summed E-state index contributed by atoms with van der Waals surface area (Å²) in [6, 6.07) is 0.137. The third kappa shape index (κ3) is 3.99. The van der Waals surface area contributed by atoms with Gasteiger partial charge in [-0.1, -0.05) is 20.8 Å². The van der Waals surface area contributed by atoms with E-state index in [1.807, 2.05) is 0 Å². The highest BCUT2D eigenvalue weighted by atomic mass is 32.2. The van der Waals surface area contributed by atoms with Gasteiger partial charge in [0.1, 0.15) is 0 Å². The van der Waals surface area contributed by atoms with Crippen molar-refractivity contribution in [2.75, 3.05) is 19.8 Å². The molecule has 21 heavy (non-hydrogen) atoms. The lowest BCUT2D eigenvalue weighted by molar-refractivity contribution is 0.0978. The molecule has 0 bridgehead atoms. The quantitative estimate of drug-likeness (QED) is 0.846. The van der Waals surface area contributed by atoms with E-state index in [1.165, 1.54) is 0 Å². The number of ether oxygens (including phenoxy) is 1. The van der Waals surface area contributed by atoms with E-state index in [9.17, 15) is 8.42 Å². The lowest BCUT2D eigenvalue weighted by Gasteiger charge is -2.40. The molecule has 3 atom stereocenters. The summed E-state index contributed by atoms with van der Waals surface area (Å²) in [6.45, 7) is 8.53. The first-order valence-corrected chi connectivity index (χ1v) is 10.1. The van der Waals surface area contributed by atoms with Crippen molar-refractivity contribution in [3.05, 3.63) is 0 Å². The molecule has 0 aromatic heterocycles. The Morgan fingerprint density at radius 2 is 1.81 bits per heavy atom. The summed E-state index contributed by atoms with van der Waals surface area (Å²) in [6.07, 6.45) is 4.31. The Bertz CT molecular complexity index is 415. The molecule has 0 spiro atoms.